The van der Waals surface area contributed by atoms with Gasteiger partial charge in [-0.3, -0.25) is 0 Å². The predicted octanol–water partition coefficient (Wildman–Crippen LogP) is 2.98. The summed E-state index contributed by atoms with van der Waals surface area (Å²) in [5.74, 6) is 1.00. The number of benzene rings is 2. The monoisotopic (exact) mass is 282 g/mol. The van der Waals surface area contributed by atoms with Crippen molar-refractivity contribution >= 4 is 5.69 Å². The average molecular weight is 282 g/mol. The molecule has 3 heteroatoms. The standard InChI is InChI=1S/C18H22N2O/c1-14(19)12-20-11-10-16-17(20)8-5-9-18(16)21-13-15-6-3-2-4-7-15/h2-9,14H,10-13,19H2,1H3. The number of hydrogen-bond donors (Lipinski definition) is 1. The zero-order valence-corrected chi connectivity index (χ0v) is 12.5. The maximum atomic E-state index is 6.03. The summed E-state index contributed by atoms with van der Waals surface area (Å²) in [6, 6.07) is 16.8. The molecule has 0 aromatic heterocycles. The van der Waals surface area contributed by atoms with Gasteiger partial charge in [-0.05, 0) is 31.0 Å². The molecule has 2 N–H and O–H groups in total. The molecule has 1 unspecified atom stereocenters. The van der Waals surface area contributed by atoms with E-state index < -0.39 is 0 Å². The van der Waals surface area contributed by atoms with Crippen molar-refractivity contribution in [3.8, 4) is 5.75 Å². The fraction of sp³-hybridized carbons (Fsp3) is 0.333. The van der Waals surface area contributed by atoms with E-state index in [-0.39, 0.29) is 6.04 Å². The molecule has 110 valence electrons. The molecule has 21 heavy (non-hydrogen) atoms. The third-order valence-corrected chi connectivity index (χ3v) is 3.83. The summed E-state index contributed by atoms with van der Waals surface area (Å²) in [6.07, 6.45) is 1.03. The average Bonchev–Trinajstić information content (AvgIpc) is 2.89. The van der Waals surface area contributed by atoms with Gasteiger partial charge in [-0.25, -0.2) is 0 Å². The van der Waals surface area contributed by atoms with Gasteiger partial charge >= 0.3 is 0 Å². The number of anilines is 1. The molecule has 2 aromatic rings. The summed E-state index contributed by atoms with van der Waals surface area (Å²) < 4.78 is 6.03. The molecule has 0 radical (unpaired) electrons. The largest absolute Gasteiger partial charge is 0.489 e. The molecule has 1 atom stereocenters. The molecule has 3 rings (SSSR count). The Morgan fingerprint density at radius 3 is 2.71 bits per heavy atom. The predicted molar refractivity (Wildman–Crippen MR) is 86.8 cm³/mol. The molecule has 0 aliphatic carbocycles. The number of ether oxygens (including phenoxy) is 1. The lowest BCUT2D eigenvalue weighted by Crippen LogP contribution is -2.34. The van der Waals surface area contributed by atoms with Crippen molar-refractivity contribution in [1.82, 2.24) is 0 Å². The first kappa shape index (κ1) is 14.0. The zero-order valence-electron chi connectivity index (χ0n) is 12.5. The Labute approximate surface area is 126 Å². The summed E-state index contributed by atoms with van der Waals surface area (Å²) in [5.41, 5.74) is 9.71. The minimum atomic E-state index is 0.185. The second-order valence-electron chi connectivity index (χ2n) is 5.70. The highest BCUT2D eigenvalue weighted by molar-refractivity contribution is 5.63. The zero-order chi connectivity index (χ0) is 14.7. The Morgan fingerprint density at radius 2 is 1.95 bits per heavy atom. The molecule has 0 bridgehead atoms. The van der Waals surface area contributed by atoms with E-state index in [0.29, 0.717) is 6.61 Å². The van der Waals surface area contributed by atoms with Crippen LogP contribution in [0.2, 0.25) is 0 Å². The fourth-order valence-electron chi connectivity index (χ4n) is 2.88. The molecule has 0 amide bonds. The quantitative estimate of drug-likeness (QED) is 0.916. The van der Waals surface area contributed by atoms with E-state index in [2.05, 4.69) is 35.2 Å². The van der Waals surface area contributed by atoms with E-state index in [1.54, 1.807) is 0 Å². The van der Waals surface area contributed by atoms with Crippen LogP contribution in [0, 0.1) is 0 Å². The lowest BCUT2D eigenvalue weighted by atomic mass is 10.1. The fourth-order valence-corrected chi connectivity index (χ4v) is 2.88. The first-order valence-electron chi connectivity index (χ1n) is 7.53. The number of nitrogens with zero attached hydrogens (tertiary/aromatic N) is 1. The van der Waals surface area contributed by atoms with Gasteiger partial charge in [-0.1, -0.05) is 36.4 Å². The first-order valence-corrected chi connectivity index (χ1v) is 7.53. The minimum absolute atomic E-state index is 0.185. The van der Waals surface area contributed by atoms with E-state index in [1.165, 1.54) is 16.8 Å². The number of fused-ring (bicyclic) bond motifs is 1. The van der Waals surface area contributed by atoms with Gasteiger partial charge in [0.25, 0.3) is 0 Å². The Hall–Kier alpha value is -2.00. The van der Waals surface area contributed by atoms with Crippen molar-refractivity contribution in [3.63, 3.8) is 0 Å². The smallest absolute Gasteiger partial charge is 0.125 e. The number of rotatable bonds is 5. The van der Waals surface area contributed by atoms with Crippen LogP contribution in [0.25, 0.3) is 0 Å². The molecule has 0 fully saturated rings. The summed E-state index contributed by atoms with van der Waals surface area (Å²) in [6.45, 7) is 4.59. The number of hydrogen-bond acceptors (Lipinski definition) is 3. The third-order valence-electron chi connectivity index (χ3n) is 3.83. The Balaban J connectivity index is 1.74. The van der Waals surface area contributed by atoms with E-state index in [4.69, 9.17) is 10.5 Å². The third kappa shape index (κ3) is 3.19. The summed E-state index contributed by atoms with van der Waals surface area (Å²) in [4.78, 5) is 2.36. The van der Waals surface area contributed by atoms with Crippen molar-refractivity contribution in [2.75, 3.05) is 18.0 Å². The van der Waals surface area contributed by atoms with Crippen LogP contribution in [0.1, 0.15) is 18.1 Å². The van der Waals surface area contributed by atoms with Gasteiger partial charge in [0, 0.05) is 30.4 Å². The molecule has 1 aliphatic rings. The van der Waals surface area contributed by atoms with Crippen LogP contribution < -0.4 is 15.4 Å². The Kier molecular flexibility index (Phi) is 4.11. The van der Waals surface area contributed by atoms with Crippen LogP contribution in [-0.2, 0) is 13.0 Å². The molecule has 3 nitrogen and oxygen atoms in total. The molecule has 0 saturated heterocycles. The second-order valence-corrected chi connectivity index (χ2v) is 5.70. The van der Waals surface area contributed by atoms with Gasteiger partial charge in [0.05, 0.1) is 0 Å². The van der Waals surface area contributed by atoms with Gasteiger partial charge in [0.2, 0.25) is 0 Å². The van der Waals surface area contributed by atoms with Crippen LogP contribution in [0.4, 0.5) is 5.69 Å². The minimum Gasteiger partial charge on any atom is -0.489 e. The van der Waals surface area contributed by atoms with Crippen LogP contribution in [0.5, 0.6) is 5.75 Å². The van der Waals surface area contributed by atoms with E-state index in [0.717, 1.165) is 25.3 Å². The van der Waals surface area contributed by atoms with Gasteiger partial charge in [-0.2, -0.15) is 0 Å². The Bertz CT molecular complexity index is 595. The van der Waals surface area contributed by atoms with E-state index >= 15 is 0 Å². The molecule has 0 spiro atoms. The van der Waals surface area contributed by atoms with Crippen molar-refractivity contribution in [2.24, 2.45) is 5.73 Å². The highest BCUT2D eigenvalue weighted by atomic mass is 16.5. The maximum absolute atomic E-state index is 6.03. The van der Waals surface area contributed by atoms with Crippen molar-refractivity contribution in [3.05, 3.63) is 59.7 Å². The highest BCUT2D eigenvalue weighted by Gasteiger charge is 2.22. The molecule has 1 aliphatic heterocycles. The molecule has 0 saturated carbocycles. The molecular weight excluding hydrogens is 260 g/mol. The second kappa shape index (κ2) is 6.19. The van der Waals surface area contributed by atoms with Crippen LogP contribution in [0.3, 0.4) is 0 Å². The maximum Gasteiger partial charge on any atom is 0.125 e. The van der Waals surface area contributed by atoms with Gasteiger partial charge < -0.3 is 15.4 Å². The van der Waals surface area contributed by atoms with Crippen LogP contribution in [0.15, 0.2) is 48.5 Å². The van der Waals surface area contributed by atoms with Gasteiger partial charge in [0.15, 0.2) is 0 Å². The van der Waals surface area contributed by atoms with Gasteiger partial charge in [-0.15, -0.1) is 0 Å². The molecule has 1 heterocycles. The van der Waals surface area contributed by atoms with E-state index in [1.807, 2.05) is 25.1 Å². The Morgan fingerprint density at radius 1 is 1.14 bits per heavy atom. The van der Waals surface area contributed by atoms with Crippen LogP contribution in [-0.4, -0.2) is 19.1 Å². The normalized spacial score (nSPS) is 14.9. The summed E-state index contributed by atoms with van der Waals surface area (Å²) in [5, 5.41) is 0. The molecular formula is C18H22N2O. The van der Waals surface area contributed by atoms with Crippen molar-refractivity contribution in [2.45, 2.75) is 26.0 Å². The SMILES string of the molecule is CC(N)CN1CCc2c(OCc3ccccc3)cccc21. The summed E-state index contributed by atoms with van der Waals surface area (Å²) >= 11 is 0. The highest BCUT2D eigenvalue weighted by Crippen LogP contribution is 2.35. The topological polar surface area (TPSA) is 38.5 Å². The molecule has 2 aromatic carbocycles. The van der Waals surface area contributed by atoms with Gasteiger partial charge in [0.1, 0.15) is 12.4 Å². The lowest BCUT2D eigenvalue weighted by Gasteiger charge is -2.21. The van der Waals surface area contributed by atoms with Crippen molar-refractivity contribution < 1.29 is 4.74 Å². The number of nitrogens with two attached hydrogens (primary N) is 1. The summed E-state index contributed by atoms with van der Waals surface area (Å²) in [7, 11) is 0. The van der Waals surface area contributed by atoms with Crippen molar-refractivity contribution in [1.29, 1.82) is 0 Å². The van der Waals surface area contributed by atoms with E-state index in [9.17, 15) is 0 Å². The lowest BCUT2D eigenvalue weighted by molar-refractivity contribution is 0.304. The first-order chi connectivity index (χ1) is 10.2. The van der Waals surface area contributed by atoms with Crippen LogP contribution >= 0.6 is 0 Å².